The van der Waals surface area contributed by atoms with E-state index in [0.717, 1.165) is 19.5 Å². The number of carbonyl (C=O) groups is 1. The van der Waals surface area contributed by atoms with Crippen molar-refractivity contribution in [3.05, 3.63) is 0 Å². The molecule has 0 bridgehead atoms. The summed E-state index contributed by atoms with van der Waals surface area (Å²) in [5.41, 5.74) is 0. The van der Waals surface area contributed by atoms with Crippen LogP contribution < -0.4 is 10.6 Å². The molecule has 1 rings (SSSR count). The molecule has 1 aliphatic heterocycles. The Bertz CT molecular complexity index is 212. The van der Waals surface area contributed by atoms with E-state index in [4.69, 9.17) is 0 Å². The minimum Gasteiger partial charge on any atom is -0.356 e. The molecule has 0 aliphatic carbocycles. The number of halogens is 3. The molecule has 0 aromatic heterocycles. The van der Waals surface area contributed by atoms with Crippen LogP contribution in [0.4, 0.5) is 13.2 Å². The third-order valence-corrected chi connectivity index (χ3v) is 2.39. The Morgan fingerprint density at radius 2 is 2.20 bits per heavy atom. The van der Waals surface area contributed by atoms with Gasteiger partial charge in [-0.1, -0.05) is 0 Å². The van der Waals surface area contributed by atoms with Gasteiger partial charge in [0.1, 0.15) is 0 Å². The van der Waals surface area contributed by atoms with Crippen LogP contribution in [0.25, 0.3) is 0 Å². The molecular formula is C9H15F3N2O. The van der Waals surface area contributed by atoms with E-state index < -0.39 is 24.9 Å². The van der Waals surface area contributed by atoms with E-state index in [9.17, 15) is 18.0 Å². The maximum atomic E-state index is 11.8. The normalized spacial score (nSPS) is 21.7. The van der Waals surface area contributed by atoms with E-state index in [2.05, 4.69) is 10.6 Å². The highest BCUT2D eigenvalue weighted by atomic mass is 19.4. The molecule has 1 heterocycles. The lowest BCUT2D eigenvalue weighted by atomic mass is 10.1. The van der Waals surface area contributed by atoms with E-state index in [1.54, 1.807) is 0 Å². The van der Waals surface area contributed by atoms with Gasteiger partial charge in [-0.3, -0.25) is 4.79 Å². The minimum absolute atomic E-state index is 0.361. The Morgan fingerprint density at radius 3 is 2.73 bits per heavy atom. The Kier molecular flexibility index (Phi) is 4.38. The number of nitrogens with one attached hydrogen (secondary N) is 2. The van der Waals surface area contributed by atoms with Gasteiger partial charge < -0.3 is 10.6 Å². The fourth-order valence-corrected chi connectivity index (χ4v) is 1.49. The molecule has 0 saturated carbocycles. The van der Waals surface area contributed by atoms with Crippen LogP contribution in [0.5, 0.6) is 0 Å². The lowest BCUT2D eigenvalue weighted by molar-refractivity contribution is -0.144. The van der Waals surface area contributed by atoms with Crippen LogP contribution >= 0.6 is 0 Å². The standard InChI is InChI=1S/C9H15F3N2O/c10-9(11,12)3-1-8(15)14-6-7-2-4-13-5-7/h7,13H,1-6H2,(H,14,15). The fraction of sp³-hybridized carbons (Fsp3) is 0.889. The van der Waals surface area contributed by atoms with E-state index in [0.29, 0.717) is 12.5 Å². The van der Waals surface area contributed by atoms with Gasteiger partial charge in [0, 0.05) is 13.0 Å². The zero-order valence-electron chi connectivity index (χ0n) is 8.36. The molecule has 1 saturated heterocycles. The molecule has 1 aliphatic rings. The average Bonchev–Trinajstić information content (AvgIpc) is 2.62. The number of hydrogen-bond acceptors (Lipinski definition) is 2. The zero-order valence-corrected chi connectivity index (χ0v) is 8.36. The largest absolute Gasteiger partial charge is 0.389 e. The number of rotatable bonds is 4. The third kappa shape index (κ3) is 5.61. The fourth-order valence-electron chi connectivity index (χ4n) is 1.49. The molecule has 0 aromatic rings. The number of carbonyl (C=O) groups excluding carboxylic acids is 1. The lowest BCUT2D eigenvalue weighted by Crippen LogP contribution is -2.30. The molecule has 1 atom stereocenters. The zero-order chi connectivity index (χ0) is 11.3. The van der Waals surface area contributed by atoms with Crippen molar-refractivity contribution in [3.8, 4) is 0 Å². The quantitative estimate of drug-likeness (QED) is 0.749. The molecule has 0 aromatic carbocycles. The Balaban J connectivity index is 2.08. The van der Waals surface area contributed by atoms with Crippen molar-refractivity contribution in [2.45, 2.75) is 25.4 Å². The van der Waals surface area contributed by atoms with Crippen molar-refractivity contribution in [1.29, 1.82) is 0 Å². The predicted octanol–water partition coefficient (Wildman–Crippen LogP) is 1.05. The van der Waals surface area contributed by atoms with E-state index >= 15 is 0 Å². The number of hydrogen-bond donors (Lipinski definition) is 2. The summed E-state index contributed by atoms with van der Waals surface area (Å²) in [6.45, 7) is 2.23. The highest BCUT2D eigenvalue weighted by molar-refractivity contribution is 5.75. The van der Waals surface area contributed by atoms with Crippen LogP contribution in [-0.4, -0.2) is 31.7 Å². The monoisotopic (exact) mass is 224 g/mol. The summed E-state index contributed by atoms with van der Waals surface area (Å²) in [4.78, 5) is 11.0. The smallest absolute Gasteiger partial charge is 0.356 e. The maximum absolute atomic E-state index is 11.8. The summed E-state index contributed by atoms with van der Waals surface area (Å²) in [6, 6.07) is 0. The second-order valence-corrected chi connectivity index (χ2v) is 3.78. The maximum Gasteiger partial charge on any atom is 0.389 e. The highest BCUT2D eigenvalue weighted by Gasteiger charge is 2.28. The first kappa shape index (κ1) is 12.3. The van der Waals surface area contributed by atoms with Crippen LogP contribution in [0.3, 0.4) is 0 Å². The van der Waals surface area contributed by atoms with E-state index in [-0.39, 0.29) is 0 Å². The summed E-state index contributed by atoms with van der Waals surface area (Å²) in [5, 5.41) is 5.64. The summed E-state index contributed by atoms with van der Waals surface area (Å²) < 4.78 is 35.3. The van der Waals surface area contributed by atoms with Crippen LogP contribution in [0.15, 0.2) is 0 Å². The minimum atomic E-state index is -4.24. The molecule has 1 fully saturated rings. The highest BCUT2D eigenvalue weighted by Crippen LogP contribution is 2.21. The lowest BCUT2D eigenvalue weighted by Gasteiger charge is -2.10. The second-order valence-electron chi connectivity index (χ2n) is 3.78. The Morgan fingerprint density at radius 1 is 1.47 bits per heavy atom. The first-order valence-electron chi connectivity index (χ1n) is 5.01. The van der Waals surface area contributed by atoms with Crippen molar-refractivity contribution in [3.63, 3.8) is 0 Å². The Labute approximate surface area is 86.4 Å². The van der Waals surface area contributed by atoms with Gasteiger partial charge in [-0.25, -0.2) is 0 Å². The molecule has 0 radical (unpaired) electrons. The van der Waals surface area contributed by atoms with Crippen molar-refractivity contribution >= 4 is 5.91 Å². The van der Waals surface area contributed by atoms with Gasteiger partial charge in [0.15, 0.2) is 0 Å². The van der Waals surface area contributed by atoms with Crippen LogP contribution in [-0.2, 0) is 4.79 Å². The molecule has 6 heteroatoms. The predicted molar refractivity (Wildman–Crippen MR) is 49.3 cm³/mol. The van der Waals surface area contributed by atoms with Gasteiger partial charge in [0.25, 0.3) is 0 Å². The molecule has 2 N–H and O–H groups in total. The van der Waals surface area contributed by atoms with Crippen molar-refractivity contribution in [2.24, 2.45) is 5.92 Å². The molecule has 3 nitrogen and oxygen atoms in total. The first-order valence-corrected chi connectivity index (χ1v) is 5.01. The van der Waals surface area contributed by atoms with Crippen molar-refractivity contribution in [1.82, 2.24) is 10.6 Å². The van der Waals surface area contributed by atoms with Gasteiger partial charge in [-0.15, -0.1) is 0 Å². The van der Waals surface area contributed by atoms with Crippen molar-refractivity contribution in [2.75, 3.05) is 19.6 Å². The number of amides is 1. The van der Waals surface area contributed by atoms with E-state index in [1.807, 2.05) is 0 Å². The second kappa shape index (κ2) is 5.34. The Hall–Kier alpha value is -0.780. The van der Waals surface area contributed by atoms with Gasteiger partial charge >= 0.3 is 6.18 Å². The first-order chi connectivity index (χ1) is 6.97. The molecule has 88 valence electrons. The molecular weight excluding hydrogens is 209 g/mol. The van der Waals surface area contributed by atoms with Crippen molar-refractivity contribution < 1.29 is 18.0 Å². The SMILES string of the molecule is O=C(CCC(F)(F)F)NCC1CCNC1. The van der Waals surface area contributed by atoms with Gasteiger partial charge in [-0.2, -0.15) is 13.2 Å². The molecule has 1 unspecified atom stereocenters. The van der Waals surface area contributed by atoms with Gasteiger partial charge in [0.2, 0.25) is 5.91 Å². The summed E-state index contributed by atoms with van der Waals surface area (Å²) in [6.07, 6.45) is -4.78. The topological polar surface area (TPSA) is 41.1 Å². The average molecular weight is 224 g/mol. The van der Waals surface area contributed by atoms with Gasteiger partial charge in [-0.05, 0) is 25.4 Å². The van der Waals surface area contributed by atoms with E-state index in [1.165, 1.54) is 0 Å². The number of alkyl halides is 3. The third-order valence-electron chi connectivity index (χ3n) is 2.39. The van der Waals surface area contributed by atoms with Crippen LogP contribution in [0.1, 0.15) is 19.3 Å². The van der Waals surface area contributed by atoms with Crippen LogP contribution in [0, 0.1) is 5.92 Å². The molecule has 1 amide bonds. The summed E-state index contributed by atoms with van der Waals surface area (Å²) in [5.74, 6) is -0.154. The summed E-state index contributed by atoms with van der Waals surface area (Å²) in [7, 11) is 0. The van der Waals surface area contributed by atoms with Crippen LogP contribution in [0.2, 0.25) is 0 Å². The van der Waals surface area contributed by atoms with Gasteiger partial charge in [0.05, 0.1) is 6.42 Å². The molecule has 0 spiro atoms. The molecule has 15 heavy (non-hydrogen) atoms. The summed E-state index contributed by atoms with van der Waals surface area (Å²) >= 11 is 0.